The molecule has 1 unspecified atom stereocenters. The molecule has 1 saturated carbocycles. The van der Waals surface area contributed by atoms with E-state index in [1.54, 1.807) is 0 Å². The third-order valence-electron chi connectivity index (χ3n) is 6.12. The summed E-state index contributed by atoms with van der Waals surface area (Å²) in [6.07, 6.45) is 10.3. The second-order valence-electron chi connectivity index (χ2n) is 8.07. The Balaban J connectivity index is 1.63. The maximum atomic E-state index is 13.1. The lowest BCUT2D eigenvalue weighted by atomic mass is 9.93. The summed E-state index contributed by atoms with van der Waals surface area (Å²) in [5, 5.41) is 3.28. The van der Waals surface area contributed by atoms with Gasteiger partial charge < -0.3 is 10.2 Å². The molecule has 0 spiro atoms. The van der Waals surface area contributed by atoms with E-state index in [0.717, 1.165) is 19.3 Å². The number of hydrogen-bond acceptors (Lipinski definition) is 2. The van der Waals surface area contributed by atoms with Crippen molar-refractivity contribution in [2.75, 3.05) is 6.54 Å². The molecule has 26 heavy (non-hydrogen) atoms. The minimum absolute atomic E-state index is 0.0435. The fraction of sp³-hybridized carbons (Fsp3) is 0.636. The lowest BCUT2D eigenvalue weighted by molar-refractivity contribution is -0.141. The van der Waals surface area contributed by atoms with Crippen molar-refractivity contribution in [2.24, 2.45) is 0 Å². The Morgan fingerprint density at radius 1 is 1.12 bits per heavy atom. The number of rotatable bonds is 5. The van der Waals surface area contributed by atoms with Crippen molar-refractivity contribution >= 4 is 11.8 Å². The highest BCUT2D eigenvalue weighted by Gasteiger charge is 2.47. The van der Waals surface area contributed by atoms with Gasteiger partial charge in [-0.1, -0.05) is 62.4 Å². The Hall–Kier alpha value is -1.84. The van der Waals surface area contributed by atoms with Gasteiger partial charge >= 0.3 is 0 Å². The summed E-state index contributed by atoms with van der Waals surface area (Å²) in [4.78, 5) is 27.4. The fourth-order valence-electron chi connectivity index (χ4n) is 4.33. The topological polar surface area (TPSA) is 49.4 Å². The summed E-state index contributed by atoms with van der Waals surface area (Å²) < 4.78 is 0. The van der Waals surface area contributed by atoms with Gasteiger partial charge in [0, 0.05) is 19.0 Å². The molecule has 2 amide bonds. The van der Waals surface area contributed by atoms with Crippen LogP contribution in [0.2, 0.25) is 0 Å². The monoisotopic (exact) mass is 356 g/mol. The molecule has 4 heteroatoms. The standard InChI is InChI=1S/C22H32N2O2/c1-22(21(26)23-19-12-8-3-2-4-9-13-19)16-14-20(25)24(22)17-15-18-10-6-5-7-11-18/h5-7,10-11,19H,2-4,8-9,12-17H2,1H3,(H,23,26). The number of nitrogens with one attached hydrogen (secondary N) is 1. The molecule has 1 N–H and O–H groups in total. The van der Waals surface area contributed by atoms with Crippen LogP contribution in [-0.4, -0.2) is 34.8 Å². The third-order valence-corrected chi connectivity index (χ3v) is 6.12. The molecule has 1 aliphatic heterocycles. The van der Waals surface area contributed by atoms with Crippen LogP contribution in [0.15, 0.2) is 30.3 Å². The van der Waals surface area contributed by atoms with Crippen molar-refractivity contribution in [1.82, 2.24) is 10.2 Å². The van der Waals surface area contributed by atoms with Crippen molar-refractivity contribution in [2.45, 2.75) is 82.7 Å². The average molecular weight is 357 g/mol. The van der Waals surface area contributed by atoms with E-state index in [2.05, 4.69) is 17.4 Å². The minimum Gasteiger partial charge on any atom is -0.351 e. The van der Waals surface area contributed by atoms with Crippen LogP contribution in [0.3, 0.4) is 0 Å². The second-order valence-corrected chi connectivity index (χ2v) is 8.07. The Morgan fingerprint density at radius 3 is 2.46 bits per heavy atom. The van der Waals surface area contributed by atoms with Gasteiger partial charge in [-0.2, -0.15) is 0 Å². The first-order valence-electron chi connectivity index (χ1n) is 10.2. The summed E-state index contributed by atoms with van der Waals surface area (Å²) in [5.74, 6) is 0.151. The fourth-order valence-corrected chi connectivity index (χ4v) is 4.33. The number of amides is 2. The molecule has 3 rings (SSSR count). The molecule has 1 aromatic carbocycles. The number of likely N-dealkylation sites (tertiary alicyclic amines) is 1. The molecular formula is C22H32N2O2. The van der Waals surface area contributed by atoms with Crippen LogP contribution in [-0.2, 0) is 16.0 Å². The molecular weight excluding hydrogens is 324 g/mol. The van der Waals surface area contributed by atoms with Gasteiger partial charge in [-0.05, 0) is 38.2 Å². The van der Waals surface area contributed by atoms with Gasteiger partial charge in [0.15, 0.2) is 0 Å². The summed E-state index contributed by atoms with van der Waals surface area (Å²) in [6.45, 7) is 2.55. The van der Waals surface area contributed by atoms with E-state index in [9.17, 15) is 9.59 Å². The number of carbonyl (C=O) groups excluding carboxylic acids is 2. The normalized spacial score (nSPS) is 25.0. The highest BCUT2D eigenvalue weighted by atomic mass is 16.2. The molecule has 0 aromatic heterocycles. The predicted molar refractivity (Wildman–Crippen MR) is 104 cm³/mol. The van der Waals surface area contributed by atoms with E-state index in [4.69, 9.17) is 0 Å². The molecule has 0 bridgehead atoms. The quantitative estimate of drug-likeness (QED) is 0.871. The van der Waals surface area contributed by atoms with Gasteiger partial charge in [-0.3, -0.25) is 9.59 Å². The van der Waals surface area contributed by atoms with Crippen LogP contribution >= 0.6 is 0 Å². The lowest BCUT2D eigenvalue weighted by Crippen LogP contribution is -2.56. The molecule has 0 radical (unpaired) electrons. The molecule has 1 aromatic rings. The first-order valence-corrected chi connectivity index (χ1v) is 10.2. The number of nitrogens with zero attached hydrogens (tertiary/aromatic N) is 1. The smallest absolute Gasteiger partial charge is 0.245 e. The van der Waals surface area contributed by atoms with Crippen molar-refractivity contribution < 1.29 is 9.59 Å². The van der Waals surface area contributed by atoms with E-state index >= 15 is 0 Å². The van der Waals surface area contributed by atoms with Gasteiger partial charge in [0.05, 0.1) is 0 Å². The second kappa shape index (κ2) is 8.70. The van der Waals surface area contributed by atoms with E-state index in [-0.39, 0.29) is 17.9 Å². The van der Waals surface area contributed by atoms with Crippen LogP contribution in [0, 0.1) is 0 Å². The Kier molecular flexibility index (Phi) is 6.33. The number of hydrogen-bond donors (Lipinski definition) is 1. The third kappa shape index (κ3) is 4.46. The summed E-state index contributed by atoms with van der Waals surface area (Å²) >= 11 is 0. The zero-order chi connectivity index (χ0) is 18.4. The molecule has 2 fully saturated rings. The van der Waals surface area contributed by atoms with Crippen LogP contribution in [0.5, 0.6) is 0 Å². The summed E-state index contributed by atoms with van der Waals surface area (Å²) in [5.41, 5.74) is 0.504. The number of carbonyl (C=O) groups is 2. The van der Waals surface area contributed by atoms with Crippen molar-refractivity contribution in [3.05, 3.63) is 35.9 Å². The van der Waals surface area contributed by atoms with Crippen LogP contribution in [0.4, 0.5) is 0 Å². The summed E-state index contributed by atoms with van der Waals surface area (Å²) in [6, 6.07) is 10.4. The maximum Gasteiger partial charge on any atom is 0.245 e. The van der Waals surface area contributed by atoms with Crippen molar-refractivity contribution in [3.8, 4) is 0 Å². The van der Waals surface area contributed by atoms with Crippen LogP contribution in [0.25, 0.3) is 0 Å². The van der Waals surface area contributed by atoms with Gasteiger partial charge in [0.2, 0.25) is 11.8 Å². The highest BCUT2D eigenvalue weighted by molar-refractivity contribution is 5.94. The van der Waals surface area contributed by atoms with E-state index in [0.29, 0.717) is 19.4 Å². The highest BCUT2D eigenvalue weighted by Crippen LogP contribution is 2.31. The molecule has 1 atom stereocenters. The minimum atomic E-state index is -0.700. The molecule has 2 aliphatic rings. The van der Waals surface area contributed by atoms with Crippen molar-refractivity contribution in [1.29, 1.82) is 0 Å². The first kappa shape index (κ1) is 18.9. The van der Waals surface area contributed by atoms with E-state index in [1.165, 1.54) is 37.7 Å². The molecule has 1 saturated heterocycles. The van der Waals surface area contributed by atoms with Gasteiger partial charge in [-0.25, -0.2) is 0 Å². The van der Waals surface area contributed by atoms with Crippen LogP contribution in [0.1, 0.15) is 70.3 Å². The van der Waals surface area contributed by atoms with E-state index in [1.807, 2.05) is 30.0 Å². The average Bonchev–Trinajstić information content (AvgIpc) is 2.92. The Morgan fingerprint density at radius 2 is 1.77 bits per heavy atom. The van der Waals surface area contributed by atoms with E-state index < -0.39 is 5.54 Å². The molecule has 142 valence electrons. The molecule has 1 heterocycles. The SMILES string of the molecule is CC1(C(=O)NC2CCCCCCC2)CCC(=O)N1CCc1ccccc1. The zero-order valence-electron chi connectivity index (χ0n) is 16.0. The molecule has 1 aliphatic carbocycles. The van der Waals surface area contributed by atoms with Gasteiger partial charge in [0.1, 0.15) is 5.54 Å². The predicted octanol–water partition coefficient (Wildman–Crippen LogP) is 3.84. The Bertz CT molecular complexity index is 608. The molecule has 4 nitrogen and oxygen atoms in total. The zero-order valence-corrected chi connectivity index (χ0v) is 16.0. The maximum absolute atomic E-state index is 13.1. The van der Waals surface area contributed by atoms with Crippen molar-refractivity contribution in [3.63, 3.8) is 0 Å². The number of benzene rings is 1. The van der Waals surface area contributed by atoms with Gasteiger partial charge in [0.25, 0.3) is 0 Å². The largest absolute Gasteiger partial charge is 0.351 e. The summed E-state index contributed by atoms with van der Waals surface area (Å²) in [7, 11) is 0. The van der Waals surface area contributed by atoms with Crippen LogP contribution < -0.4 is 5.32 Å². The lowest BCUT2D eigenvalue weighted by Gasteiger charge is -2.35. The van der Waals surface area contributed by atoms with Gasteiger partial charge in [-0.15, -0.1) is 0 Å². The first-order chi connectivity index (χ1) is 12.6. The Labute approximate surface area is 157 Å².